The van der Waals surface area contributed by atoms with Crippen molar-refractivity contribution in [3.63, 3.8) is 0 Å². The first-order valence-corrected chi connectivity index (χ1v) is 8.87. The van der Waals surface area contributed by atoms with E-state index in [0.29, 0.717) is 16.9 Å². The van der Waals surface area contributed by atoms with Crippen LogP contribution in [0.1, 0.15) is 17.3 Å². The molecular weight excluding hydrogens is 328 g/mol. The summed E-state index contributed by atoms with van der Waals surface area (Å²) < 4.78 is 0. The zero-order valence-corrected chi connectivity index (χ0v) is 14.8. The minimum absolute atomic E-state index is 0.423. The summed E-state index contributed by atoms with van der Waals surface area (Å²) in [6.07, 6.45) is 3.63. The number of carbonyl (C=O) groups excluding carboxylic acids is 1. The number of likely N-dealkylation sites (N-methyl/N-ethyl adjacent to an activating group) is 1. The summed E-state index contributed by atoms with van der Waals surface area (Å²) >= 11 is 0. The molecule has 2 aromatic heterocycles. The maximum atomic E-state index is 11.7. The van der Waals surface area contributed by atoms with Crippen LogP contribution in [0.5, 0.6) is 0 Å². The number of nitrogens with two attached hydrogens (primary N) is 1. The average molecular weight is 350 g/mol. The minimum Gasteiger partial charge on any atom is -0.368 e. The molecule has 4 rings (SSSR count). The molecule has 0 aliphatic carbocycles. The summed E-state index contributed by atoms with van der Waals surface area (Å²) in [6.45, 7) is 7.30. The van der Waals surface area contributed by atoms with Gasteiger partial charge in [-0.15, -0.1) is 0 Å². The quantitative estimate of drug-likeness (QED) is 0.749. The van der Waals surface area contributed by atoms with Gasteiger partial charge in [-0.25, -0.2) is 4.98 Å². The highest BCUT2D eigenvalue weighted by atomic mass is 16.1. The monoisotopic (exact) mass is 350 g/mol. The summed E-state index contributed by atoms with van der Waals surface area (Å²) in [6, 6.07) is 7.43. The highest BCUT2D eigenvalue weighted by Crippen LogP contribution is 2.31. The van der Waals surface area contributed by atoms with Crippen molar-refractivity contribution in [2.45, 2.75) is 6.92 Å². The molecule has 0 bridgehead atoms. The molecule has 1 aliphatic rings. The van der Waals surface area contributed by atoms with E-state index < -0.39 is 5.91 Å². The van der Waals surface area contributed by atoms with Gasteiger partial charge in [-0.05, 0) is 24.7 Å². The van der Waals surface area contributed by atoms with Gasteiger partial charge in [-0.2, -0.15) is 0 Å². The Morgan fingerprint density at radius 1 is 1.23 bits per heavy atom. The number of H-pyrrole nitrogens is 1. The van der Waals surface area contributed by atoms with Crippen molar-refractivity contribution in [1.29, 1.82) is 0 Å². The van der Waals surface area contributed by atoms with Crippen molar-refractivity contribution in [1.82, 2.24) is 19.9 Å². The van der Waals surface area contributed by atoms with Gasteiger partial charge in [0.2, 0.25) is 0 Å². The lowest BCUT2D eigenvalue weighted by atomic mass is 10.1. The summed E-state index contributed by atoms with van der Waals surface area (Å²) in [5.74, 6) is 0.227. The number of nitrogens with zero attached hydrogens (tertiary/aromatic N) is 4. The van der Waals surface area contributed by atoms with Crippen LogP contribution in [0.25, 0.3) is 22.4 Å². The van der Waals surface area contributed by atoms with Gasteiger partial charge < -0.3 is 20.5 Å². The number of amides is 1. The Kier molecular flexibility index (Phi) is 4.30. The SMILES string of the molecule is CCN1CCN(c2ccncc2-c2nc3c(C(N)=O)cccc3[nH]2)CC1. The van der Waals surface area contributed by atoms with E-state index in [4.69, 9.17) is 5.73 Å². The van der Waals surface area contributed by atoms with Crippen molar-refractivity contribution >= 4 is 22.6 Å². The molecule has 0 radical (unpaired) electrons. The van der Waals surface area contributed by atoms with E-state index in [0.717, 1.165) is 49.5 Å². The molecule has 7 heteroatoms. The lowest BCUT2D eigenvalue weighted by Gasteiger charge is -2.36. The lowest BCUT2D eigenvalue weighted by molar-refractivity contribution is 0.100. The molecule has 0 saturated carbocycles. The third-order valence-electron chi connectivity index (χ3n) is 4.99. The first-order chi connectivity index (χ1) is 12.7. The number of imidazole rings is 1. The fraction of sp³-hybridized carbons (Fsp3) is 0.316. The average Bonchev–Trinajstić information content (AvgIpc) is 3.12. The van der Waals surface area contributed by atoms with Gasteiger partial charge in [0.15, 0.2) is 0 Å². The molecule has 1 aromatic carbocycles. The Labute approximate surface area is 151 Å². The van der Waals surface area contributed by atoms with Gasteiger partial charge in [0, 0.05) is 38.6 Å². The number of anilines is 1. The van der Waals surface area contributed by atoms with Crippen molar-refractivity contribution in [2.75, 3.05) is 37.6 Å². The van der Waals surface area contributed by atoms with Gasteiger partial charge in [-0.1, -0.05) is 13.0 Å². The predicted octanol–water partition coefficient (Wildman–Crippen LogP) is 1.87. The van der Waals surface area contributed by atoms with E-state index in [-0.39, 0.29) is 0 Å². The number of carbonyl (C=O) groups is 1. The maximum Gasteiger partial charge on any atom is 0.250 e. The topological polar surface area (TPSA) is 91.1 Å². The Balaban J connectivity index is 1.74. The second-order valence-corrected chi connectivity index (χ2v) is 6.47. The smallest absolute Gasteiger partial charge is 0.250 e. The predicted molar refractivity (Wildman–Crippen MR) is 102 cm³/mol. The molecule has 0 atom stereocenters. The number of hydrogen-bond acceptors (Lipinski definition) is 5. The number of hydrogen-bond donors (Lipinski definition) is 2. The third-order valence-corrected chi connectivity index (χ3v) is 4.99. The van der Waals surface area contributed by atoms with Crippen molar-refractivity contribution < 1.29 is 4.79 Å². The normalized spacial score (nSPS) is 15.5. The molecule has 7 nitrogen and oxygen atoms in total. The molecule has 0 spiro atoms. The fourth-order valence-electron chi connectivity index (χ4n) is 3.51. The van der Waals surface area contributed by atoms with E-state index in [2.05, 4.69) is 31.7 Å². The number of rotatable bonds is 4. The lowest BCUT2D eigenvalue weighted by Crippen LogP contribution is -2.46. The molecule has 3 N–H and O–H groups in total. The number of fused-ring (bicyclic) bond motifs is 1. The zero-order chi connectivity index (χ0) is 18.1. The number of aromatic amines is 1. The van der Waals surface area contributed by atoms with Crippen LogP contribution in [0.2, 0.25) is 0 Å². The number of piperazine rings is 1. The Hall–Kier alpha value is -2.93. The number of nitrogens with one attached hydrogen (secondary N) is 1. The van der Waals surface area contributed by atoms with E-state index in [9.17, 15) is 4.79 Å². The molecule has 26 heavy (non-hydrogen) atoms. The largest absolute Gasteiger partial charge is 0.368 e. The highest BCUT2D eigenvalue weighted by Gasteiger charge is 2.21. The van der Waals surface area contributed by atoms with Gasteiger partial charge in [0.25, 0.3) is 5.91 Å². The summed E-state index contributed by atoms with van der Waals surface area (Å²) in [7, 11) is 0. The van der Waals surface area contributed by atoms with Crippen LogP contribution in [0.3, 0.4) is 0 Å². The maximum absolute atomic E-state index is 11.7. The van der Waals surface area contributed by atoms with E-state index in [1.165, 1.54) is 0 Å². The Morgan fingerprint density at radius 3 is 2.77 bits per heavy atom. The second kappa shape index (κ2) is 6.76. The second-order valence-electron chi connectivity index (χ2n) is 6.47. The van der Waals surface area contributed by atoms with Crippen LogP contribution < -0.4 is 10.6 Å². The third kappa shape index (κ3) is 2.90. The first kappa shape index (κ1) is 16.5. The number of para-hydroxylation sites is 1. The van der Waals surface area contributed by atoms with Gasteiger partial charge >= 0.3 is 0 Å². The van der Waals surface area contributed by atoms with Crippen LogP contribution in [0, 0.1) is 0 Å². The molecule has 1 fully saturated rings. The summed E-state index contributed by atoms with van der Waals surface area (Å²) in [5, 5.41) is 0. The number of benzene rings is 1. The fourth-order valence-corrected chi connectivity index (χ4v) is 3.51. The van der Waals surface area contributed by atoms with Gasteiger partial charge in [-0.3, -0.25) is 9.78 Å². The van der Waals surface area contributed by atoms with Crippen molar-refractivity contribution in [2.24, 2.45) is 5.73 Å². The molecule has 0 unspecified atom stereocenters. The summed E-state index contributed by atoms with van der Waals surface area (Å²) in [5.41, 5.74) is 9.34. The van der Waals surface area contributed by atoms with Crippen LogP contribution >= 0.6 is 0 Å². The van der Waals surface area contributed by atoms with Crippen LogP contribution in [-0.2, 0) is 0 Å². The van der Waals surface area contributed by atoms with E-state index in [1.54, 1.807) is 12.1 Å². The molecule has 1 aliphatic heterocycles. The Morgan fingerprint density at radius 2 is 2.04 bits per heavy atom. The van der Waals surface area contributed by atoms with Crippen LogP contribution in [-0.4, -0.2) is 58.5 Å². The molecule has 134 valence electrons. The molecule has 1 saturated heterocycles. The molecule has 3 heterocycles. The van der Waals surface area contributed by atoms with Crippen molar-refractivity contribution in [3.05, 3.63) is 42.2 Å². The summed E-state index contributed by atoms with van der Waals surface area (Å²) in [4.78, 5) is 28.7. The van der Waals surface area contributed by atoms with Crippen LogP contribution in [0.4, 0.5) is 5.69 Å². The van der Waals surface area contributed by atoms with Gasteiger partial charge in [0.1, 0.15) is 11.3 Å². The molecule has 3 aromatic rings. The van der Waals surface area contributed by atoms with Crippen molar-refractivity contribution in [3.8, 4) is 11.4 Å². The number of aromatic nitrogens is 3. The minimum atomic E-state index is -0.476. The first-order valence-electron chi connectivity index (χ1n) is 8.87. The number of pyridine rings is 1. The number of primary amides is 1. The standard InChI is InChI=1S/C19H22N6O/c1-2-24-8-10-25(11-9-24)16-6-7-21-12-14(16)19-22-15-5-3-4-13(18(20)26)17(15)23-19/h3-7,12H,2,8-11H2,1H3,(H2,20,26)(H,22,23). The Bertz CT molecular complexity index is 942. The molecular formula is C19H22N6O. The van der Waals surface area contributed by atoms with Gasteiger partial charge in [0.05, 0.1) is 22.3 Å². The molecule has 1 amide bonds. The van der Waals surface area contributed by atoms with E-state index in [1.807, 2.05) is 24.5 Å². The van der Waals surface area contributed by atoms with Crippen LogP contribution in [0.15, 0.2) is 36.7 Å². The highest BCUT2D eigenvalue weighted by molar-refractivity contribution is 6.04. The zero-order valence-electron chi connectivity index (χ0n) is 14.8. The van der Waals surface area contributed by atoms with E-state index >= 15 is 0 Å².